The Labute approximate surface area is 191 Å². The summed E-state index contributed by atoms with van der Waals surface area (Å²) in [5, 5.41) is 4.66. The first-order chi connectivity index (χ1) is 15.9. The van der Waals surface area contributed by atoms with Crippen molar-refractivity contribution in [2.24, 2.45) is 5.92 Å². The number of aromatic nitrogens is 4. The van der Waals surface area contributed by atoms with Crippen molar-refractivity contribution in [1.82, 2.24) is 25.0 Å². The summed E-state index contributed by atoms with van der Waals surface area (Å²) in [6.45, 7) is 7.55. The van der Waals surface area contributed by atoms with Gasteiger partial charge in [0.15, 0.2) is 0 Å². The van der Waals surface area contributed by atoms with Crippen LogP contribution in [0.2, 0.25) is 0 Å². The zero-order valence-corrected chi connectivity index (χ0v) is 19.1. The van der Waals surface area contributed by atoms with E-state index in [1.807, 2.05) is 30.6 Å². The maximum absolute atomic E-state index is 13.5. The van der Waals surface area contributed by atoms with Crippen LogP contribution in [0.3, 0.4) is 0 Å². The molecule has 1 saturated heterocycles. The fraction of sp³-hybridized carbons (Fsp3) is 0.500. The van der Waals surface area contributed by atoms with Gasteiger partial charge in [-0.3, -0.25) is 14.5 Å². The molecule has 3 aliphatic rings. The number of carbonyl (C=O) groups excluding carboxylic acids is 2. The van der Waals surface area contributed by atoms with Crippen LogP contribution in [-0.2, 0) is 11.2 Å². The van der Waals surface area contributed by atoms with Crippen molar-refractivity contribution in [1.29, 1.82) is 0 Å². The summed E-state index contributed by atoms with van der Waals surface area (Å²) in [5.41, 5.74) is 4.17. The van der Waals surface area contributed by atoms with Crippen molar-refractivity contribution < 1.29 is 14.1 Å². The Morgan fingerprint density at radius 1 is 1.12 bits per heavy atom. The predicted octanol–water partition coefficient (Wildman–Crippen LogP) is 2.87. The maximum atomic E-state index is 13.5. The minimum Gasteiger partial charge on any atom is -0.338 e. The number of hydrogen-bond acceptors (Lipinski definition) is 7. The van der Waals surface area contributed by atoms with E-state index >= 15 is 0 Å². The first kappa shape index (κ1) is 20.3. The van der Waals surface area contributed by atoms with Crippen molar-refractivity contribution in [3.05, 3.63) is 40.1 Å². The Morgan fingerprint density at radius 2 is 1.94 bits per heavy atom. The van der Waals surface area contributed by atoms with Gasteiger partial charge in [0, 0.05) is 42.5 Å². The highest BCUT2D eigenvalue weighted by atomic mass is 16.5. The second-order valence-electron chi connectivity index (χ2n) is 9.59. The fourth-order valence-electron chi connectivity index (χ4n) is 5.04. The predicted molar refractivity (Wildman–Crippen MR) is 120 cm³/mol. The van der Waals surface area contributed by atoms with E-state index < -0.39 is 0 Å². The lowest BCUT2D eigenvalue weighted by Gasteiger charge is -2.19. The molecule has 0 unspecified atom stereocenters. The number of aryl methyl sites for hydroxylation is 3. The lowest BCUT2D eigenvalue weighted by molar-refractivity contribution is -0.117. The average Bonchev–Trinajstić information content (AvgIpc) is 3.18. The molecule has 170 valence electrons. The molecule has 3 aromatic heterocycles. The molecule has 0 aromatic carbocycles. The van der Waals surface area contributed by atoms with E-state index in [4.69, 9.17) is 14.5 Å². The number of amides is 2. The maximum Gasteiger partial charge on any atom is 0.258 e. The average molecular weight is 447 g/mol. The van der Waals surface area contributed by atoms with Crippen molar-refractivity contribution in [3.63, 3.8) is 0 Å². The van der Waals surface area contributed by atoms with Crippen LogP contribution in [0.1, 0.15) is 64.0 Å². The highest BCUT2D eigenvalue weighted by Gasteiger charge is 2.37. The van der Waals surface area contributed by atoms with Crippen LogP contribution in [0.15, 0.2) is 10.6 Å². The highest BCUT2D eigenvalue weighted by molar-refractivity contribution is 6.06. The molecule has 9 heteroatoms. The fourth-order valence-corrected chi connectivity index (χ4v) is 5.04. The standard InChI is InChI=1S/C24H26N6O3/c1-12-8-18(20-14(3)28-33-23(20)25-12)24(32)29-7-6-16(11-29)21-26-13(2)17-9-19(31)30(22(17)27-21)10-15-4-5-15/h8,15-16H,4-7,9-11H2,1-3H3/t16-/m0/s1. The molecule has 0 spiro atoms. The first-order valence-corrected chi connectivity index (χ1v) is 11.6. The Kier molecular flexibility index (Phi) is 4.50. The summed E-state index contributed by atoms with van der Waals surface area (Å²) in [5.74, 6) is 2.22. The molecule has 1 saturated carbocycles. The van der Waals surface area contributed by atoms with Crippen LogP contribution in [0.25, 0.3) is 11.1 Å². The van der Waals surface area contributed by atoms with Crippen LogP contribution in [0.5, 0.6) is 0 Å². The monoisotopic (exact) mass is 446 g/mol. The molecule has 0 radical (unpaired) electrons. The van der Waals surface area contributed by atoms with Crippen molar-refractivity contribution in [2.45, 2.75) is 52.4 Å². The minimum atomic E-state index is -0.0530. The largest absolute Gasteiger partial charge is 0.338 e. The van der Waals surface area contributed by atoms with E-state index in [9.17, 15) is 9.59 Å². The van der Waals surface area contributed by atoms with Gasteiger partial charge < -0.3 is 9.42 Å². The minimum absolute atomic E-state index is 0.0402. The summed E-state index contributed by atoms with van der Waals surface area (Å²) in [4.78, 5) is 43.8. The van der Waals surface area contributed by atoms with Crippen LogP contribution in [0.4, 0.5) is 5.82 Å². The van der Waals surface area contributed by atoms with Gasteiger partial charge in [0.05, 0.1) is 23.1 Å². The van der Waals surface area contributed by atoms with Gasteiger partial charge in [-0.05, 0) is 52.0 Å². The second-order valence-corrected chi connectivity index (χ2v) is 9.59. The summed E-state index contributed by atoms with van der Waals surface area (Å²) < 4.78 is 5.30. The smallest absolute Gasteiger partial charge is 0.258 e. The van der Waals surface area contributed by atoms with Gasteiger partial charge in [0.1, 0.15) is 11.6 Å². The number of anilines is 1. The Morgan fingerprint density at radius 3 is 2.73 bits per heavy atom. The van der Waals surface area contributed by atoms with Crippen molar-refractivity contribution in [2.75, 3.05) is 24.5 Å². The first-order valence-electron chi connectivity index (χ1n) is 11.6. The highest BCUT2D eigenvalue weighted by Crippen LogP contribution is 2.37. The van der Waals surface area contributed by atoms with Gasteiger partial charge in [-0.2, -0.15) is 0 Å². The number of nitrogens with zero attached hydrogens (tertiary/aromatic N) is 6. The third-order valence-electron chi connectivity index (χ3n) is 7.05. The van der Waals surface area contributed by atoms with E-state index in [-0.39, 0.29) is 17.7 Å². The molecule has 1 atom stereocenters. The molecular formula is C24H26N6O3. The normalized spacial score (nSPS) is 20.2. The number of carbonyl (C=O) groups is 2. The van der Waals surface area contributed by atoms with E-state index in [1.165, 1.54) is 12.8 Å². The van der Waals surface area contributed by atoms with Gasteiger partial charge >= 0.3 is 0 Å². The Hall–Kier alpha value is -3.36. The Bertz CT molecular complexity index is 1310. The molecule has 3 aromatic rings. The summed E-state index contributed by atoms with van der Waals surface area (Å²) in [6.07, 6.45) is 3.54. The molecule has 2 aliphatic heterocycles. The zero-order valence-electron chi connectivity index (χ0n) is 19.1. The molecule has 1 aliphatic carbocycles. The van der Waals surface area contributed by atoms with Crippen LogP contribution < -0.4 is 4.90 Å². The molecule has 2 amide bonds. The van der Waals surface area contributed by atoms with E-state index in [1.54, 1.807) is 6.07 Å². The topological polar surface area (TPSA) is 105 Å². The number of rotatable bonds is 4. The van der Waals surface area contributed by atoms with Gasteiger partial charge in [-0.25, -0.2) is 15.0 Å². The van der Waals surface area contributed by atoms with Crippen LogP contribution in [-0.4, -0.2) is 56.5 Å². The van der Waals surface area contributed by atoms with Crippen molar-refractivity contribution >= 4 is 28.7 Å². The van der Waals surface area contributed by atoms with Crippen LogP contribution in [0, 0.1) is 26.7 Å². The van der Waals surface area contributed by atoms with Gasteiger partial charge in [-0.1, -0.05) is 5.16 Å². The number of fused-ring (bicyclic) bond motifs is 2. The molecule has 33 heavy (non-hydrogen) atoms. The summed E-state index contributed by atoms with van der Waals surface area (Å²) >= 11 is 0. The molecule has 9 nitrogen and oxygen atoms in total. The molecule has 5 heterocycles. The van der Waals surface area contributed by atoms with E-state index in [2.05, 4.69) is 10.1 Å². The number of likely N-dealkylation sites (tertiary alicyclic amines) is 1. The quantitative estimate of drug-likeness (QED) is 0.607. The van der Waals surface area contributed by atoms with E-state index in [0.29, 0.717) is 47.8 Å². The van der Waals surface area contributed by atoms with Crippen molar-refractivity contribution in [3.8, 4) is 0 Å². The molecule has 0 bridgehead atoms. The summed E-state index contributed by atoms with van der Waals surface area (Å²) in [7, 11) is 0. The Balaban J connectivity index is 1.27. The number of pyridine rings is 1. The third kappa shape index (κ3) is 3.37. The molecular weight excluding hydrogens is 420 g/mol. The lowest BCUT2D eigenvalue weighted by Crippen LogP contribution is -2.30. The van der Waals surface area contributed by atoms with E-state index in [0.717, 1.165) is 41.6 Å². The molecule has 0 N–H and O–H groups in total. The molecule has 2 fully saturated rings. The second kappa shape index (κ2) is 7.33. The summed E-state index contributed by atoms with van der Waals surface area (Å²) in [6, 6.07) is 1.81. The van der Waals surface area contributed by atoms with Gasteiger partial charge in [-0.15, -0.1) is 0 Å². The van der Waals surface area contributed by atoms with Gasteiger partial charge in [0.25, 0.3) is 11.6 Å². The van der Waals surface area contributed by atoms with Gasteiger partial charge in [0.2, 0.25) is 5.91 Å². The third-order valence-corrected chi connectivity index (χ3v) is 7.05. The van der Waals surface area contributed by atoms with Crippen LogP contribution >= 0.6 is 0 Å². The molecule has 6 rings (SSSR count). The lowest BCUT2D eigenvalue weighted by atomic mass is 10.1. The zero-order chi connectivity index (χ0) is 22.9. The number of hydrogen-bond donors (Lipinski definition) is 0. The SMILES string of the molecule is Cc1cc(C(=O)N2CC[C@H](c3nc(C)c4c(n3)N(CC3CC3)C(=O)C4)C2)c2c(C)noc2n1.